The molecule has 1 aromatic carbocycles. The zero-order valence-electron chi connectivity index (χ0n) is 10.4. The summed E-state index contributed by atoms with van der Waals surface area (Å²) in [6.07, 6.45) is 1.97. The van der Waals surface area contributed by atoms with Crippen molar-refractivity contribution in [3.05, 3.63) is 29.8 Å². The Balaban J connectivity index is 2.75. The van der Waals surface area contributed by atoms with Gasteiger partial charge in [0.1, 0.15) is 0 Å². The molecule has 0 aliphatic rings. The standard InChI is InChI=1S/C13H20O3S/c1-3-5-12(14)10-11-6-8-13(9-7-11)17(15,16)4-2/h6-9,12,14H,3-5,10H2,1-2H3. The molecule has 1 aromatic rings. The van der Waals surface area contributed by atoms with Gasteiger partial charge in [-0.25, -0.2) is 8.42 Å². The fourth-order valence-corrected chi connectivity index (χ4v) is 2.59. The van der Waals surface area contributed by atoms with Gasteiger partial charge in [-0.15, -0.1) is 0 Å². The second-order valence-corrected chi connectivity index (χ2v) is 6.47. The summed E-state index contributed by atoms with van der Waals surface area (Å²) < 4.78 is 23.2. The van der Waals surface area contributed by atoms with E-state index >= 15 is 0 Å². The number of hydrogen-bond acceptors (Lipinski definition) is 3. The van der Waals surface area contributed by atoms with E-state index in [1.165, 1.54) is 0 Å². The lowest BCUT2D eigenvalue weighted by Gasteiger charge is -2.09. The van der Waals surface area contributed by atoms with Crippen LogP contribution in [0, 0.1) is 0 Å². The largest absolute Gasteiger partial charge is 0.393 e. The summed E-state index contributed by atoms with van der Waals surface area (Å²) >= 11 is 0. The lowest BCUT2D eigenvalue weighted by Crippen LogP contribution is -2.10. The van der Waals surface area contributed by atoms with Gasteiger partial charge in [-0.3, -0.25) is 0 Å². The van der Waals surface area contributed by atoms with Crippen molar-refractivity contribution in [2.45, 2.75) is 44.1 Å². The van der Waals surface area contributed by atoms with Crippen molar-refractivity contribution in [1.29, 1.82) is 0 Å². The third kappa shape index (κ3) is 4.13. The second-order valence-electron chi connectivity index (χ2n) is 4.19. The van der Waals surface area contributed by atoms with Crippen molar-refractivity contribution in [2.75, 3.05) is 5.75 Å². The summed E-state index contributed by atoms with van der Waals surface area (Å²) in [5.41, 5.74) is 0.973. The van der Waals surface area contributed by atoms with E-state index in [1.807, 2.05) is 6.92 Å². The molecule has 1 N–H and O–H groups in total. The van der Waals surface area contributed by atoms with E-state index in [1.54, 1.807) is 31.2 Å². The number of sulfone groups is 1. The molecule has 0 heterocycles. The summed E-state index contributed by atoms with van der Waals surface area (Å²) in [6, 6.07) is 6.79. The molecule has 0 aliphatic carbocycles. The number of benzene rings is 1. The van der Waals surface area contributed by atoms with E-state index in [9.17, 15) is 13.5 Å². The van der Waals surface area contributed by atoms with Crippen LogP contribution in [0.3, 0.4) is 0 Å². The molecular weight excluding hydrogens is 236 g/mol. The SMILES string of the molecule is CCCC(O)Cc1ccc(S(=O)(=O)CC)cc1. The maximum absolute atomic E-state index is 11.6. The first-order chi connectivity index (χ1) is 7.99. The molecule has 0 spiro atoms. The highest BCUT2D eigenvalue weighted by Gasteiger charge is 2.11. The zero-order valence-corrected chi connectivity index (χ0v) is 11.2. The van der Waals surface area contributed by atoms with E-state index in [0.717, 1.165) is 18.4 Å². The van der Waals surface area contributed by atoms with Crippen LogP contribution < -0.4 is 0 Å². The number of aliphatic hydroxyl groups excluding tert-OH is 1. The average molecular weight is 256 g/mol. The Morgan fingerprint density at radius 2 is 1.76 bits per heavy atom. The minimum absolute atomic E-state index is 0.116. The van der Waals surface area contributed by atoms with E-state index in [2.05, 4.69) is 0 Å². The van der Waals surface area contributed by atoms with Gasteiger partial charge >= 0.3 is 0 Å². The summed E-state index contributed by atoms with van der Waals surface area (Å²) in [5.74, 6) is 0.116. The van der Waals surface area contributed by atoms with Gasteiger partial charge in [-0.1, -0.05) is 32.4 Å². The zero-order chi connectivity index (χ0) is 12.9. The third-order valence-corrected chi connectivity index (χ3v) is 4.51. The van der Waals surface area contributed by atoms with Gasteiger partial charge in [0, 0.05) is 0 Å². The van der Waals surface area contributed by atoms with Crippen LogP contribution >= 0.6 is 0 Å². The fourth-order valence-electron chi connectivity index (χ4n) is 1.71. The molecule has 0 saturated heterocycles. The quantitative estimate of drug-likeness (QED) is 0.848. The Bertz CT molecular complexity index is 434. The number of rotatable bonds is 6. The summed E-state index contributed by atoms with van der Waals surface area (Å²) in [5, 5.41) is 9.66. The Labute approximate surface area is 103 Å². The van der Waals surface area contributed by atoms with Crippen LogP contribution in [0.15, 0.2) is 29.2 Å². The van der Waals surface area contributed by atoms with Crippen molar-refractivity contribution in [2.24, 2.45) is 0 Å². The van der Waals surface area contributed by atoms with E-state index in [-0.39, 0.29) is 11.9 Å². The fraction of sp³-hybridized carbons (Fsp3) is 0.538. The van der Waals surface area contributed by atoms with Gasteiger partial charge in [0.25, 0.3) is 0 Å². The lowest BCUT2D eigenvalue weighted by atomic mass is 10.1. The minimum Gasteiger partial charge on any atom is -0.393 e. The van der Waals surface area contributed by atoms with Crippen molar-refractivity contribution in [3.63, 3.8) is 0 Å². The Kier molecular flexibility index (Phi) is 5.15. The van der Waals surface area contributed by atoms with Gasteiger partial charge in [0.05, 0.1) is 16.8 Å². The molecule has 0 radical (unpaired) electrons. The van der Waals surface area contributed by atoms with E-state index in [4.69, 9.17) is 0 Å². The predicted molar refractivity (Wildman–Crippen MR) is 68.8 cm³/mol. The Morgan fingerprint density at radius 3 is 2.24 bits per heavy atom. The van der Waals surface area contributed by atoms with Gasteiger partial charge in [0.2, 0.25) is 0 Å². The number of aliphatic hydroxyl groups is 1. The lowest BCUT2D eigenvalue weighted by molar-refractivity contribution is 0.164. The normalized spacial score (nSPS) is 13.6. The topological polar surface area (TPSA) is 54.4 Å². The average Bonchev–Trinajstić information content (AvgIpc) is 2.30. The van der Waals surface area contributed by atoms with Crippen LogP contribution in [0.5, 0.6) is 0 Å². The molecule has 0 aliphatic heterocycles. The maximum atomic E-state index is 11.6. The molecule has 0 bridgehead atoms. The van der Waals surface area contributed by atoms with E-state index < -0.39 is 9.84 Å². The van der Waals surface area contributed by atoms with Crippen molar-refractivity contribution < 1.29 is 13.5 Å². The highest BCUT2D eigenvalue weighted by Crippen LogP contribution is 2.14. The smallest absolute Gasteiger partial charge is 0.178 e. The molecule has 0 saturated carbocycles. The van der Waals surface area contributed by atoms with Crippen LogP contribution in [0.2, 0.25) is 0 Å². The highest BCUT2D eigenvalue weighted by molar-refractivity contribution is 7.91. The molecule has 1 atom stereocenters. The molecule has 0 aromatic heterocycles. The Hall–Kier alpha value is -0.870. The number of hydrogen-bond donors (Lipinski definition) is 1. The molecule has 0 amide bonds. The molecule has 0 fully saturated rings. The highest BCUT2D eigenvalue weighted by atomic mass is 32.2. The molecule has 1 unspecified atom stereocenters. The first-order valence-corrected chi connectivity index (χ1v) is 7.64. The van der Waals surface area contributed by atoms with Crippen LogP contribution in [0.4, 0.5) is 0 Å². The van der Waals surface area contributed by atoms with Gasteiger partial charge < -0.3 is 5.11 Å². The first-order valence-electron chi connectivity index (χ1n) is 5.99. The van der Waals surface area contributed by atoms with Crippen molar-refractivity contribution >= 4 is 9.84 Å². The summed E-state index contributed by atoms with van der Waals surface area (Å²) in [6.45, 7) is 3.66. The minimum atomic E-state index is -3.12. The summed E-state index contributed by atoms with van der Waals surface area (Å²) in [7, 11) is -3.12. The van der Waals surface area contributed by atoms with E-state index in [0.29, 0.717) is 11.3 Å². The van der Waals surface area contributed by atoms with Crippen LogP contribution in [-0.2, 0) is 16.3 Å². The predicted octanol–water partition coefficient (Wildman–Crippen LogP) is 2.18. The second kappa shape index (κ2) is 6.17. The van der Waals surface area contributed by atoms with Gasteiger partial charge in [-0.2, -0.15) is 0 Å². The first kappa shape index (κ1) is 14.2. The molecule has 17 heavy (non-hydrogen) atoms. The molecule has 3 nitrogen and oxygen atoms in total. The van der Waals surface area contributed by atoms with Crippen molar-refractivity contribution in [3.8, 4) is 0 Å². The maximum Gasteiger partial charge on any atom is 0.178 e. The van der Waals surface area contributed by atoms with Crippen LogP contribution in [-0.4, -0.2) is 25.4 Å². The molecule has 4 heteroatoms. The molecular formula is C13H20O3S. The summed E-state index contributed by atoms with van der Waals surface area (Å²) in [4.78, 5) is 0.355. The Morgan fingerprint density at radius 1 is 1.18 bits per heavy atom. The van der Waals surface area contributed by atoms with Crippen molar-refractivity contribution in [1.82, 2.24) is 0 Å². The van der Waals surface area contributed by atoms with Crippen LogP contribution in [0.1, 0.15) is 32.3 Å². The third-order valence-electron chi connectivity index (χ3n) is 2.76. The van der Waals surface area contributed by atoms with Crippen LogP contribution in [0.25, 0.3) is 0 Å². The molecule has 1 rings (SSSR count). The van der Waals surface area contributed by atoms with Gasteiger partial charge in [0.15, 0.2) is 9.84 Å². The molecule has 96 valence electrons. The monoisotopic (exact) mass is 256 g/mol. The van der Waals surface area contributed by atoms with Gasteiger partial charge in [-0.05, 0) is 30.5 Å².